The minimum atomic E-state index is -3.16. The quantitative estimate of drug-likeness (QED) is 0.582. The van der Waals surface area contributed by atoms with Crippen LogP contribution in [-0.2, 0) is 10.3 Å². The Hall–Kier alpha value is -2.99. The fourth-order valence-electron chi connectivity index (χ4n) is 3.90. The van der Waals surface area contributed by atoms with E-state index in [0.29, 0.717) is 5.01 Å². The van der Waals surface area contributed by atoms with Gasteiger partial charge in [-0.25, -0.2) is 27.5 Å². The normalized spacial score (nSPS) is 25.5. The second-order valence-corrected chi connectivity index (χ2v) is 8.73. The zero-order chi connectivity index (χ0) is 23.3. The molecular formula is C20H19F4N5O2S. The molecule has 3 heterocycles. The SMILES string of the molecule is C[C@@]1(c2ccc(F)c(F)c2)N=C(c2nccs2)NC(CN2CC(F)(F)C[C@H]2C(=O)O)=C1N. The first-order valence-corrected chi connectivity index (χ1v) is 10.4. The van der Waals surface area contributed by atoms with Crippen molar-refractivity contribution in [2.75, 3.05) is 13.1 Å². The molecule has 0 amide bonds. The van der Waals surface area contributed by atoms with Gasteiger partial charge in [-0.1, -0.05) is 6.07 Å². The molecule has 12 heteroatoms. The molecule has 0 saturated carbocycles. The predicted octanol–water partition coefficient (Wildman–Crippen LogP) is 2.65. The first-order chi connectivity index (χ1) is 15.0. The van der Waals surface area contributed by atoms with E-state index in [0.717, 1.165) is 17.0 Å². The number of thiazole rings is 1. The molecule has 0 unspecified atom stereocenters. The summed E-state index contributed by atoms with van der Waals surface area (Å²) in [6.07, 6.45) is 0.728. The Morgan fingerprint density at radius 3 is 2.75 bits per heavy atom. The maximum absolute atomic E-state index is 14.0. The van der Waals surface area contributed by atoms with Crippen molar-refractivity contribution in [1.82, 2.24) is 15.2 Å². The number of carbonyl (C=O) groups is 1. The molecule has 32 heavy (non-hydrogen) atoms. The van der Waals surface area contributed by atoms with Gasteiger partial charge in [-0.2, -0.15) is 0 Å². The third-order valence-electron chi connectivity index (χ3n) is 5.58. The van der Waals surface area contributed by atoms with Crippen LogP contribution >= 0.6 is 11.3 Å². The molecule has 4 N–H and O–H groups in total. The highest BCUT2D eigenvalue weighted by Crippen LogP contribution is 2.38. The summed E-state index contributed by atoms with van der Waals surface area (Å²) in [4.78, 5) is 21.4. The summed E-state index contributed by atoms with van der Waals surface area (Å²) < 4.78 is 55.5. The van der Waals surface area contributed by atoms with Crippen molar-refractivity contribution in [3.63, 3.8) is 0 Å². The fraction of sp³-hybridized carbons (Fsp3) is 0.350. The number of likely N-dealkylation sites (tertiary alicyclic amines) is 1. The van der Waals surface area contributed by atoms with Crippen LogP contribution in [0.1, 0.15) is 23.9 Å². The molecule has 0 bridgehead atoms. The molecule has 1 fully saturated rings. The zero-order valence-electron chi connectivity index (χ0n) is 16.8. The molecule has 4 rings (SSSR count). The van der Waals surface area contributed by atoms with Crippen molar-refractivity contribution in [3.05, 3.63) is 63.4 Å². The van der Waals surface area contributed by atoms with Gasteiger partial charge in [-0.05, 0) is 24.6 Å². The van der Waals surface area contributed by atoms with E-state index in [1.54, 1.807) is 18.5 Å². The number of hydrogen-bond acceptors (Lipinski definition) is 7. The van der Waals surface area contributed by atoms with Crippen LogP contribution in [0.5, 0.6) is 0 Å². The third-order valence-corrected chi connectivity index (χ3v) is 6.36. The number of alkyl halides is 2. The van der Waals surface area contributed by atoms with Crippen LogP contribution in [0.3, 0.4) is 0 Å². The van der Waals surface area contributed by atoms with Gasteiger partial charge in [0.25, 0.3) is 5.92 Å². The molecule has 2 aromatic rings. The first-order valence-electron chi connectivity index (χ1n) is 9.56. The van der Waals surface area contributed by atoms with Gasteiger partial charge in [0.05, 0.1) is 17.9 Å². The van der Waals surface area contributed by atoms with E-state index in [2.05, 4.69) is 15.3 Å². The maximum Gasteiger partial charge on any atom is 0.321 e. The Balaban J connectivity index is 1.78. The number of nitrogens with zero attached hydrogens (tertiary/aromatic N) is 3. The molecule has 1 saturated heterocycles. The highest BCUT2D eigenvalue weighted by Gasteiger charge is 2.49. The van der Waals surface area contributed by atoms with E-state index in [1.807, 2.05) is 0 Å². The van der Waals surface area contributed by atoms with Crippen molar-refractivity contribution >= 4 is 23.1 Å². The van der Waals surface area contributed by atoms with Gasteiger partial charge in [0.1, 0.15) is 11.6 Å². The van der Waals surface area contributed by atoms with Crippen molar-refractivity contribution in [2.24, 2.45) is 10.7 Å². The number of halogens is 4. The first kappa shape index (κ1) is 22.2. The summed E-state index contributed by atoms with van der Waals surface area (Å²) in [5.74, 6) is -6.40. The number of hydrogen-bond donors (Lipinski definition) is 3. The van der Waals surface area contributed by atoms with Crippen molar-refractivity contribution in [1.29, 1.82) is 0 Å². The lowest BCUT2D eigenvalue weighted by Gasteiger charge is -2.35. The molecule has 1 aromatic carbocycles. The van der Waals surface area contributed by atoms with Gasteiger partial charge >= 0.3 is 5.97 Å². The number of benzene rings is 1. The van der Waals surface area contributed by atoms with Crippen LogP contribution in [0.4, 0.5) is 17.6 Å². The largest absolute Gasteiger partial charge is 0.480 e. The van der Waals surface area contributed by atoms with Crippen LogP contribution in [0.25, 0.3) is 0 Å². The minimum absolute atomic E-state index is 0.0724. The number of aliphatic imine (C=N–C) groups is 1. The van der Waals surface area contributed by atoms with Gasteiger partial charge in [0.15, 0.2) is 22.5 Å². The van der Waals surface area contributed by atoms with Gasteiger partial charge < -0.3 is 16.2 Å². The van der Waals surface area contributed by atoms with E-state index < -0.39 is 48.1 Å². The number of carboxylic acids is 1. The lowest BCUT2D eigenvalue weighted by atomic mass is 9.86. The van der Waals surface area contributed by atoms with Gasteiger partial charge in [-0.15, -0.1) is 11.3 Å². The average molecular weight is 469 g/mol. The molecule has 0 spiro atoms. The summed E-state index contributed by atoms with van der Waals surface area (Å²) in [6.45, 7) is 0.590. The third kappa shape index (κ3) is 3.95. The summed E-state index contributed by atoms with van der Waals surface area (Å²) in [6, 6.07) is 1.86. The smallest absolute Gasteiger partial charge is 0.321 e. The molecule has 1 aromatic heterocycles. The predicted molar refractivity (Wildman–Crippen MR) is 109 cm³/mol. The number of rotatable bonds is 5. The second-order valence-electron chi connectivity index (χ2n) is 7.84. The summed E-state index contributed by atoms with van der Waals surface area (Å²) in [7, 11) is 0. The van der Waals surface area contributed by atoms with Crippen LogP contribution in [0, 0.1) is 11.6 Å². The lowest BCUT2D eigenvalue weighted by molar-refractivity contribution is -0.142. The van der Waals surface area contributed by atoms with E-state index in [-0.39, 0.29) is 29.3 Å². The van der Waals surface area contributed by atoms with E-state index in [9.17, 15) is 27.5 Å². The number of nitrogens with one attached hydrogen (secondary N) is 1. The Bertz CT molecular complexity index is 1120. The van der Waals surface area contributed by atoms with Gasteiger partial charge in [-0.3, -0.25) is 9.69 Å². The van der Waals surface area contributed by atoms with Crippen molar-refractivity contribution in [3.8, 4) is 0 Å². The van der Waals surface area contributed by atoms with Crippen LogP contribution in [0.2, 0.25) is 0 Å². The summed E-state index contributed by atoms with van der Waals surface area (Å²) in [5.41, 5.74) is 5.55. The number of nitrogens with two attached hydrogens (primary N) is 1. The average Bonchev–Trinajstić information content (AvgIpc) is 3.35. The number of carboxylic acid groups (broad SMARTS) is 1. The number of aromatic nitrogens is 1. The van der Waals surface area contributed by atoms with Gasteiger partial charge in [0, 0.05) is 24.5 Å². The van der Waals surface area contributed by atoms with E-state index in [1.165, 1.54) is 17.4 Å². The standard InChI is InChI=1S/C20H19F4N5O2S/c1-19(10-2-3-11(21)12(22)6-10)15(25)13(27-16(28-19)17-26-4-5-32-17)8-29-9-20(23,24)7-14(29)18(30)31/h2-6,14H,7-9,25H2,1H3,(H,27,28)(H,30,31)/t14-,19-/m0/s1. The molecular weight excluding hydrogens is 450 g/mol. The van der Waals surface area contributed by atoms with Crippen LogP contribution in [0.15, 0.2) is 46.2 Å². The van der Waals surface area contributed by atoms with E-state index in [4.69, 9.17) is 5.73 Å². The van der Waals surface area contributed by atoms with E-state index >= 15 is 0 Å². The van der Waals surface area contributed by atoms with Crippen LogP contribution < -0.4 is 11.1 Å². The van der Waals surface area contributed by atoms with Gasteiger partial charge in [0.2, 0.25) is 0 Å². The molecule has 7 nitrogen and oxygen atoms in total. The number of amidine groups is 1. The highest BCUT2D eigenvalue weighted by atomic mass is 32.1. The zero-order valence-corrected chi connectivity index (χ0v) is 17.6. The second kappa shape index (κ2) is 7.85. The molecule has 170 valence electrons. The monoisotopic (exact) mass is 469 g/mol. The Labute approximate surface area is 184 Å². The molecule has 2 aliphatic rings. The Morgan fingerprint density at radius 1 is 1.38 bits per heavy atom. The molecule has 0 aliphatic carbocycles. The Morgan fingerprint density at radius 2 is 2.12 bits per heavy atom. The number of aliphatic carboxylic acids is 1. The molecule has 0 radical (unpaired) electrons. The highest BCUT2D eigenvalue weighted by molar-refractivity contribution is 7.11. The lowest BCUT2D eigenvalue weighted by Crippen LogP contribution is -2.47. The Kier molecular flexibility index (Phi) is 5.45. The summed E-state index contributed by atoms with van der Waals surface area (Å²) >= 11 is 1.25. The maximum atomic E-state index is 14.0. The van der Waals surface area contributed by atoms with Crippen molar-refractivity contribution in [2.45, 2.75) is 30.8 Å². The molecule has 2 aliphatic heterocycles. The fourth-order valence-corrected chi connectivity index (χ4v) is 4.48. The summed E-state index contributed by atoms with van der Waals surface area (Å²) in [5, 5.41) is 14.5. The van der Waals surface area contributed by atoms with Crippen LogP contribution in [-0.4, -0.2) is 51.8 Å². The topological polar surface area (TPSA) is 104 Å². The molecule has 2 atom stereocenters. The van der Waals surface area contributed by atoms with Crippen molar-refractivity contribution < 1.29 is 27.5 Å². The minimum Gasteiger partial charge on any atom is -0.480 e.